The van der Waals surface area contributed by atoms with E-state index < -0.39 is 0 Å². The normalized spacial score (nSPS) is 10.9. The summed E-state index contributed by atoms with van der Waals surface area (Å²) in [4.78, 5) is 8.70. The predicted molar refractivity (Wildman–Crippen MR) is 82.1 cm³/mol. The number of ether oxygens (including phenoxy) is 1. The largest absolute Gasteiger partial charge is 0.438 e. The molecule has 0 aliphatic rings. The number of benzene rings is 1. The molecule has 0 amide bonds. The maximum Gasteiger partial charge on any atom is 0.227 e. The molecule has 1 aromatic carbocycles. The quantitative estimate of drug-likeness (QED) is 0.720. The molecule has 0 aliphatic carbocycles. The van der Waals surface area contributed by atoms with Gasteiger partial charge in [-0.3, -0.25) is 0 Å². The average molecular weight is 311 g/mol. The van der Waals surface area contributed by atoms with Crippen LogP contribution in [0.4, 0.5) is 0 Å². The summed E-state index contributed by atoms with van der Waals surface area (Å²) in [5.41, 5.74) is 1.67. The van der Waals surface area contributed by atoms with E-state index in [0.717, 1.165) is 11.1 Å². The number of hydrogen-bond acceptors (Lipinski definition) is 3. The third-order valence-electron chi connectivity index (χ3n) is 2.92. The second-order valence-electron chi connectivity index (χ2n) is 4.97. The van der Waals surface area contributed by atoms with Gasteiger partial charge in [0, 0.05) is 16.5 Å². The van der Waals surface area contributed by atoms with Gasteiger partial charge in [0.1, 0.15) is 16.7 Å². The van der Waals surface area contributed by atoms with Crippen LogP contribution >= 0.6 is 23.2 Å². The van der Waals surface area contributed by atoms with Gasteiger partial charge in [-0.15, -0.1) is 0 Å². The molecule has 3 nitrogen and oxygen atoms in total. The van der Waals surface area contributed by atoms with Gasteiger partial charge in [0.15, 0.2) is 0 Å². The molecule has 0 aliphatic heterocycles. The molecule has 1 aromatic heterocycles. The number of nitrogens with zero attached hydrogens (tertiary/aromatic N) is 2. The molecule has 0 spiro atoms. The van der Waals surface area contributed by atoms with E-state index in [1.54, 1.807) is 6.07 Å². The van der Waals surface area contributed by atoms with Gasteiger partial charge in [0.05, 0.1) is 0 Å². The highest BCUT2D eigenvalue weighted by atomic mass is 35.5. The summed E-state index contributed by atoms with van der Waals surface area (Å²) >= 11 is 12.1. The minimum atomic E-state index is 0.182. The summed E-state index contributed by atoms with van der Waals surface area (Å²) < 4.78 is 5.87. The van der Waals surface area contributed by atoms with Crippen LogP contribution in [0.1, 0.15) is 36.7 Å². The van der Waals surface area contributed by atoms with Crippen molar-refractivity contribution in [1.82, 2.24) is 9.97 Å². The Morgan fingerprint density at radius 2 is 1.80 bits per heavy atom. The first-order chi connectivity index (χ1) is 9.38. The lowest BCUT2D eigenvalue weighted by Gasteiger charge is -2.13. The van der Waals surface area contributed by atoms with Gasteiger partial charge in [0.2, 0.25) is 5.88 Å². The molecule has 0 radical (unpaired) electrons. The number of aromatic nitrogens is 2. The van der Waals surface area contributed by atoms with Crippen LogP contribution in [0.25, 0.3) is 0 Å². The van der Waals surface area contributed by atoms with Crippen LogP contribution in [0, 0.1) is 13.8 Å². The monoisotopic (exact) mass is 310 g/mol. The molecule has 0 atom stereocenters. The van der Waals surface area contributed by atoms with Crippen molar-refractivity contribution in [2.24, 2.45) is 0 Å². The Hall–Kier alpha value is -1.32. The Morgan fingerprint density at radius 1 is 1.10 bits per heavy atom. The molecule has 5 heteroatoms. The number of rotatable bonds is 3. The molecule has 106 valence electrons. The zero-order valence-electron chi connectivity index (χ0n) is 11.9. The van der Waals surface area contributed by atoms with Crippen LogP contribution in [0.2, 0.25) is 10.2 Å². The fourth-order valence-corrected chi connectivity index (χ4v) is 2.07. The topological polar surface area (TPSA) is 35.0 Å². The molecule has 1 heterocycles. The van der Waals surface area contributed by atoms with Crippen LogP contribution in [0.5, 0.6) is 11.6 Å². The molecular weight excluding hydrogens is 295 g/mol. The summed E-state index contributed by atoms with van der Waals surface area (Å²) in [6.45, 7) is 7.80. The Morgan fingerprint density at radius 3 is 2.40 bits per heavy atom. The first-order valence-corrected chi connectivity index (χ1v) is 7.12. The maximum absolute atomic E-state index is 6.14. The Kier molecular flexibility index (Phi) is 4.51. The van der Waals surface area contributed by atoms with Crippen LogP contribution in [-0.2, 0) is 0 Å². The summed E-state index contributed by atoms with van der Waals surface area (Å²) in [5.74, 6) is 2.05. The van der Waals surface area contributed by atoms with Crippen molar-refractivity contribution < 1.29 is 4.74 Å². The van der Waals surface area contributed by atoms with Crippen LogP contribution in [0.15, 0.2) is 18.2 Å². The second kappa shape index (κ2) is 5.98. The zero-order valence-corrected chi connectivity index (χ0v) is 13.4. The molecule has 20 heavy (non-hydrogen) atoms. The van der Waals surface area contributed by atoms with E-state index in [4.69, 9.17) is 27.9 Å². The molecule has 2 rings (SSSR count). The van der Waals surface area contributed by atoms with E-state index in [1.807, 2.05) is 39.8 Å². The lowest BCUT2D eigenvalue weighted by molar-refractivity contribution is 0.449. The fourth-order valence-electron chi connectivity index (χ4n) is 1.67. The van der Waals surface area contributed by atoms with Crippen LogP contribution < -0.4 is 4.74 Å². The van der Waals surface area contributed by atoms with Gasteiger partial charge >= 0.3 is 0 Å². The van der Waals surface area contributed by atoms with E-state index in [-0.39, 0.29) is 5.92 Å². The molecule has 2 aromatic rings. The van der Waals surface area contributed by atoms with Gasteiger partial charge in [0.25, 0.3) is 0 Å². The number of hydrogen-bond donors (Lipinski definition) is 0. The van der Waals surface area contributed by atoms with Crippen molar-refractivity contribution in [3.8, 4) is 11.6 Å². The van der Waals surface area contributed by atoms with Gasteiger partial charge < -0.3 is 4.74 Å². The maximum atomic E-state index is 6.14. The molecule has 0 N–H and O–H groups in total. The molecule has 0 saturated heterocycles. The number of halogens is 2. The fraction of sp³-hybridized carbons (Fsp3) is 0.333. The Labute approximate surface area is 128 Å². The summed E-state index contributed by atoms with van der Waals surface area (Å²) in [6.07, 6.45) is 0. The molecule has 0 bridgehead atoms. The highest BCUT2D eigenvalue weighted by molar-refractivity contribution is 6.30. The second-order valence-corrected chi connectivity index (χ2v) is 5.76. The molecular formula is C15H16Cl2N2O. The Bertz CT molecular complexity index is 642. The van der Waals surface area contributed by atoms with Crippen molar-refractivity contribution in [2.75, 3.05) is 0 Å². The van der Waals surface area contributed by atoms with Gasteiger partial charge in [-0.05, 0) is 37.6 Å². The van der Waals surface area contributed by atoms with E-state index in [9.17, 15) is 0 Å². The van der Waals surface area contributed by atoms with Crippen molar-refractivity contribution in [3.05, 3.63) is 45.3 Å². The third-order valence-corrected chi connectivity index (χ3v) is 3.52. The van der Waals surface area contributed by atoms with E-state index in [1.165, 1.54) is 0 Å². The van der Waals surface area contributed by atoms with Crippen molar-refractivity contribution in [3.63, 3.8) is 0 Å². The first kappa shape index (κ1) is 15.1. The number of aryl methyl sites for hydroxylation is 1. The van der Waals surface area contributed by atoms with E-state index in [0.29, 0.717) is 27.6 Å². The van der Waals surface area contributed by atoms with Gasteiger partial charge in [-0.1, -0.05) is 37.0 Å². The SMILES string of the molecule is Cc1cc(Cl)ccc1Oc1nc(C(C)C)nc(Cl)c1C. The van der Waals surface area contributed by atoms with Crippen molar-refractivity contribution in [1.29, 1.82) is 0 Å². The lowest BCUT2D eigenvalue weighted by atomic mass is 10.2. The smallest absolute Gasteiger partial charge is 0.227 e. The van der Waals surface area contributed by atoms with Gasteiger partial charge in [-0.25, -0.2) is 4.98 Å². The molecule has 0 saturated carbocycles. The minimum Gasteiger partial charge on any atom is -0.438 e. The average Bonchev–Trinajstić information content (AvgIpc) is 2.37. The van der Waals surface area contributed by atoms with Crippen molar-refractivity contribution in [2.45, 2.75) is 33.6 Å². The summed E-state index contributed by atoms with van der Waals surface area (Å²) in [7, 11) is 0. The zero-order chi connectivity index (χ0) is 14.9. The Balaban J connectivity index is 2.42. The lowest BCUT2D eigenvalue weighted by Crippen LogP contribution is -2.03. The summed E-state index contributed by atoms with van der Waals surface area (Å²) in [6, 6.07) is 5.45. The highest BCUT2D eigenvalue weighted by Gasteiger charge is 2.14. The molecule has 0 fully saturated rings. The minimum absolute atomic E-state index is 0.182. The predicted octanol–water partition coefficient (Wildman–Crippen LogP) is 5.32. The highest BCUT2D eigenvalue weighted by Crippen LogP contribution is 2.31. The van der Waals surface area contributed by atoms with E-state index >= 15 is 0 Å². The van der Waals surface area contributed by atoms with Crippen LogP contribution in [0.3, 0.4) is 0 Å². The standard InChI is InChI=1S/C15H16Cl2N2O/c1-8(2)14-18-13(17)10(4)15(19-14)20-12-6-5-11(16)7-9(12)3/h5-8H,1-4H3. The van der Waals surface area contributed by atoms with Gasteiger partial charge in [-0.2, -0.15) is 4.98 Å². The third kappa shape index (κ3) is 3.22. The van der Waals surface area contributed by atoms with Crippen LogP contribution in [-0.4, -0.2) is 9.97 Å². The van der Waals surface area contributed by atoms with E-state index in [2.05, 4.69) is 9.97 Å². The summed E-state index contributed by atoms with van der Waals surface area (Å²) in [5, 5.41) is 1.10. The molecule has 0 unspecified atom stereocenters. The van der Waals surface area contributed by atoms with Crippen molar-refractivity contribution >= 4 is 23.2 Å². The first-order valence-electron chi connectivity index (χ1n) is 6.36.